The summed E-state index contributed by atoms with van der Waals surface area (Å²) in [6.45, 7) is 5.74. The number of carbonyl (C=O) groups is 1. The van der Waals surface area contributed by atoms with E-state index in [0.29, 0.717) is 67.6 Å². The molecule has 0 spiro atoms. The highest BCUT2D eigenvalue weighted by Crippen LogP contribution is 2.26. The van der Waals surface area contributed by atoms with Crippen LogP contribution < -0.4 is 21.3 Å². The Morgan fingerprint density at radius 2 is 1.95 bits per heavy atom. The maximum absolute atomic E-state index is 15.0. The summed E-state index contributed by atoms with van der Waals surface area (Å²) in [5.74, 6) is 0.173. The van der Waals surface area contributed by atoms with Crippen LogP contribution in [0.3, 0.4) is 0 Å². The highest BCUT2D eigenvalue weighted by Gasteiger charge is 2.21. The zero-order valence-electron chi connectivity index (χ0n) is 23.0. The molecule has 0 bridgehead atoms. The van der Waals surface area contributed by atoms with Crippen molar-refractivity contribution in [2.45, 2.75) is 6.54 Å². The first-order valence-electron chi connectivity index (χ1n) is 13.9. The van der Waals surface area contributed by atoms with Gasteiger partial charge >= 0.3 is 0 Å². The number of halogens is 1. The number of imidazole rings is 1. The molecule has 0 saturated carbocycles. The minimum Gasteiger partial charge on any atom is -0.463 e. The third-order valence-corrected chi connectivity index (χ3v) is 7.43. The van der Waals surface area contributed by atoms with Gasteiger partial charge < -0.3 is 35.4 Å². The van der Waals surface area contributed by atoms with Crippen molar-refractivity contribution in [3.63, 3.8) is 0 Å². The van der Waals surface area contributed by atoms with E-state index in [2.05, 4.69) is 30.6 Å². The molecular weight excluding hydrogens is 543 g/mol. The van der Waals surface area contributed by atoms with E-state index in [1.807, 2.05) is 27.7 Å². The van der Waals surface area contributed by atoms with Crippen molar-refractivity contribution in [2.75, 3.05) is 69.6 Å². The minimum atomic E-state index is -0.413. The van der Waals surface area contributed by atoms with Gasteiger partial charge in [-0.2, -0.15) is 14.6 Å². The van der Waals surface area contributed by atoms with Gasteiger partial charge in [-0.1, -0.05) is 0 Å². The zero-order valence-corrected chi connectivity index (χ0v) is 23.0. The highest BCUT2D eigenvalue weighted by molar-refractivity contribution is 5.94. The number of benzene rings is 1. The Hall–Kier alpha value is -4.53. The molecule has 1 aliphatic heterocycles. The van der Waals surface area contributed by atoms with Crippen LogP contribution in [0.2, 0.25) is 0 Å². The first-order valence-corrected chi connectivity index (χ1v) is 13.9. The highest BCUT2D eigenvalue weighted by atomic mass is 19.1. The molecule has 5 heterocycles. The van der Waals surface area contributed by atoms with Crippen LogP contribution in [0.1, 0.15) is 10.4 Å². The second-order valence-corrected chi connectivity index (χ2v) is 10.1. The molecule has 0 unspecified atom stereocenters. The van der Waals surface area contributed by atoms with Gasteiger partial charge in [0.25, 0.3) is 5.91 Å². The van der Waals surface area contributed by atoms with E-state index in [-0.39, 0.29) is 24.0 Å². The van der Waals surface area contributed by atoms with Crippen LogP contribution in [0, 0.1) is 5.82 Å². The van der Waals surface area contributed by atoms with Crippen LogP contribution in [0.5, 0.6) is 0 Å². The smallest absolute Gasteiger partial charge is 0.251 e. The number of aliphatic hydroxyl groups excluding tert-OH is 1. The molecule has 1 fully saturated rings. The number of nitrogens with one attached hydrogen (secondary N) is 2. The van der Waals surface area contributed by atoms with Crippen LogP contribution in [0.25, 0.3) is 28.1 Å². The number of nitrogens with zero attached hydrogens (tertiary/aromatic N) is 7. The molecule has 1 amide bonds. The molecule has 6 rings (SSSR count). The molecule has 14 heteroatoms. The van der Waals surface area contributed by atoms with E-state index in [4.69, 9.17) is 15.3 Å². The van der Waals surface area contributed by atoms with Crippen LogP contribution >= 0.6 is 0 Å². The molecule has 0 aliphatic carbocycles. The second kappa shape index (κ2) is 12.1. The largest absolute Gasteiger partial charge is 0.463 e. The maximum atomic E-state index is 15.0. The Balaban J connectivity index is 1.05. The maximum Gasteiger partial charge on any atom is 0.251 e. The lowest BCUT2D eigenvalue weighted by Gasteiger charge is -2.36. The third kappa shape index (κ3) is 5.64. The average Bonchev–Trinajstić information content (AvgIpc) is 3.76. The van der Waals surface area contributed by atoms with Crippen molar-refractivity contribution in [2.24, 2.45) is 0 Å². The SMILES string of the molecule is Nc1nc2c(ncn2CCN2CCN(c3ccc(C(=O)NCCNCCO)cc3F)CC2)c2cc(-c3ccco3)nn12. The molecule has 42 heavy (non-hydrogen) atoms. The summed E-state index contributed by atoms with van der Waals surface area (Å²) in [6.07, 6.45) is 3.37. The lowest BCUT2D eigenvalue weighted by Crippen LogP contribution is -2.47. The molecule has 1 aromatic carbocycles. The number of aliphatic hydroxyl groups is 1. The number of nitrogens with two attached hydrogens (primary N) is 1. The Morgan fingerprint density at radius 1 is 1.10 bits per heavy atom. The molecule has 13 nitrogen and oxygen atoms in total. The average molecular weight is 577 g/mol. The topological polar surface area (TPSA) is 155 Å². The molecule has 0 radical (unpaired) electrons. The Bertz CT molecular complexity index is 1670. The normalized spacial score (nSPS) is 14.3. The van der Waals surface area contributed by atoms with Crippen molar-refractivity contribution >= 4 is 34.2 Å². The first-order chi connectivity index (χ1) is 20.5. The quantitative estimate of drug-likeness (QED) is 0.169. The van der Waals surface area contributed by atoms with Gasteiger partial charge in [-0.05, 0) is 36.4 Å². The lowest BCUT2D eigenvalue weighted by atomic mass is 10.1. The fraction of sp³-hybridized carbons (Fsp3) is 0.357. The van der Waals surface area contributed by atoms with Gasteiger partial charge in [-0.3, -0.25) is 9.69 Å². The summed E-state index contributed by atoms with van der Waals surface area (Å²) < 4.78 is 24.0. The van der Waals surface area contributed by atoms with Crippen LogP contribution in [-0.4, -0.2) is 99.0 Å². The van der Waals surface area contributed by atoms with Gasteiger partial charge in [0, 0.05) is 64.5 Å². The van der Waals surface area contributed by atoms with Gasteiger partial charge in [0.05, 0.1) is 24.9 Å². The standard InChI is InChI=1S/C28H33FN10O3/c29-20-16-19(27(41)32-6-5-31-7-14-40)3-4-22(20)37-11-8-36(9-12-37)10-13-38-18-33-25-23-17-21(24-2-1-15-42-24)35-39(23)28(30)34-26(25)38/h1-4,15-18,31,40H,5-14H2,(H2,30,34)(H,32,41). The van der Waals surface area contributed by atoms with Crippen molar-refractivity contribution in [1.82, 2.24) is 39.7 Å². The first kappa shape index (κ1) is 27.6. The predicted octanol–water partition coefficient (Wildman–Crippen LogP) is 1.19. The van der Waals surface area contributed by atoms with Gasteiger partial charge in [0.2, 0.25) is 5.95 Å². The van der Waals surface area contributed by atoms with E-state index >= 15 is 0 Å². The number of rotatable bonds is 11. The van der Waals surface area contributed by atoms with Crippen molar-refractivity contribution < 1.29 is 18.7 Å². The van der Waals surface area contributed by atoms with Crippen LogP contribution in [0.15, 0.2) is 53.4 Å². The number of aromatic nitrogens is 5. The number of fused-ring (bicyclic) bond motifs is 3. The van der Waals surface area contributed by atoms with Gasteiger partial charge in [0.15, 0.2) is 11.4 Å². The summed E-state index contributed by atoms with van der Waals surface area (Å²) in [7, 11) is 0. The monoisotopic (exact) mass is 576 g/mol. The van der Waals surface area contributed by atoms with E-state index in [1.165, 1.54) is 6.07 Å². The van der Waals surface area contributed by atoms with Gasteiger partial charge in [-0.25, -0.2) is 9.37 Å². The van der Waals surface area contributed by atoms with Crippen LogP contribution in [0.4, 0.5) is 16.0 Å². The van der Waals surface area contributed by atoms with Crippen molar-refractivity contribution in [1.29, 1.82) is 0 Å². The number of anilines is 2. The van der Waals surface area contributed by atoms with Gasteiger partial charge in [0.1, 0.15) is 22.5 Å². The molecular formula is C28H33FN10O3. The number of carbonyl (C=O) groups excluding carboxylic acids is 1. The number of nitrogen functional groups attached to an aromatic ring is 1. The summed E-state index contributed by atoms with van der Waals surface area (Å²) in [5, 5.41) is 19.0. The van der Waals surface area contributed by atoms with Gasteiger partial charge in [-0.15, -0.1) is 0 Å². The second-order valence-electron chi connectivity index (χ2n) is 10.1. The number of furan rings is 1. The summed E-state index contributed by atoms with van der Waals surface area (Å²) in [6, 6.07) is 10.2. The van der Waals surface area contributed by atoms with E-state index in [1.54, 1.807) is 29.2 Å². The lowest BCUT2D eigenvalue weighted by molar-refractivity contribution is 0.0953. The van der Waals surface area contributed by atoms with Crippen molar-refractivity contribution in [3.8, 4) is 11.5 Å². The molecule has 5 aromatic rings. The molecule has 1 aliphatic rings. The molecule has 4 aromatic heterocycles. The summed E-state index contributed by atoms with van der Waals surface area (Å²) >= 11 is 0. The number of piperazine rings is 1. The number of hydrogen-bond donors (Lipinski definition) is 4. The zero-order chi connectivity index (χ0) is 29.1. The molecule has 220 valence electrons. The number of amides is 1. The Kier molecular flexibility index (Phi) is 7.99. The third-order valence-electron chi connectivity index (χ3n) is 7.43. The van der Waals surface area contributed by atoms with E-state index < -0.39 is 5.82 Å². The Morgan fingerprint density at radius 3 is 2.71 bits per heavy atom. The summed E-state index contributed by atoms with van der Waals surface area (Å²) in [5.41, 5.74) is 9.84. The molecule has 0 atom stereocenters. The predicted molar refractivity (Wildman–Crippen MR) is 156 cm³/mol. The molecule has 5 N–H and O–H groups in total. The number of hydrogen-bond acceptors (Lipinski definition) is 10. The van der Waals surface area contributed by atoms with Crippen molar-refractivity contribution in [3.05, 3.63) is 60.4 Å². The van der Waals surface area contributed by atoms with Crippen LogP contribution in [-0.2, 0) is 6.54 Å². The molecule has 1 saturated heterocycles. The summed E-state index contributed by atoms with van der Waals surface area (Å²) in [4.78, 5) is 25.8. The fourth-order valence-corrected chi connectivity index (χ4v) is 5.20. The van der Waals surface area contributed by atoms with E-state index in [0.717, 1.165) is 25.2 Å². The minimum absolute atomic E-state index is 0.0362. The Labute approximate surface area is 240 Å². The fourth-order valence-electron chi connectivity index (χ4n) is 5.20. The van der Waals surface area contributed by atoms with E-state index in [9.17, 15) is 9.18 Å².